The third-order valence-electron chi connectivity index (χ3n) is 2.64. The molecule has 1 aromatic rings. The fourth-order valence-corrected chi connectivity index (χ4v) is 2.03. The van der Waals surface area contributed by atoms with E-state index in [9.17, 15) is 0 Å². The fraction of sp³-hybridized carbons (Fsp3) is 0.500. The van der Waals surface area contributed by atoms with Gasteiger partial charge in [-0.2, -0.15) is 12.6 Å². The highest BCUT2D eigenvalue weighted by Crippen LogP contribution is 2.29. The first-order valence-electron chi connectivity index (χ1n) is 5.10. The number of ether oxygens (including phenoxy) is 1. The molecule has 0 aromatic heterocycles. The SMILES string of the molecule is CC(C)c1ccc2c(c1)CC(S)CO2. The number of benzene rings is 1. The molecule has 0 saturated carbocycles. The predicted octanol–water partition coefficient (Wildman–Crippen LogP) is 3.04. The normalized spacial score (nSPS) is 20.4. The van der Waals surface area contributed by atoms with Gasteiger partial charge in [-0.1, -0.05) is 26.0 Å². The molecular weight excluding hydrogens is 192 g/mol. The van der Waals surface area contributed by atoms with Gasteiger partial charge in [0.1, 0.15) is 12.4 Å². The van der Waals surface area contributed by atoms with E-state index in [1.807, 2.05) is 0 Å². The Bertz CT molecular complexity index is 333. The Balaban J connectivity index is 2.33. The first kappa shape index (κ1) is 9.91. The van der Waals surface area contributed by atoms with E-state index < -0.39 is 0 Å². The van der Waals surface area contributed by atoms with Crippen LogP contribution in [0.3, 0.4) is 0 Å². The van der Waals surface area contributed by atoms with E-state index in [2.05, 4.69) is 44.7 Å². The van der Waals surface area contributed by atoms with E-state index in [1.165, 1.54) is 11.1 Å². The minimum atomic E-state index is 0.352. The zero-order valence-corrected chi connectivity index (χ0v) is 9.55. The van der Waals surface area contributed by atoms with Crippen LogP contribution in [-0.4, -0.2) is 11.9 Å². The summed E-state index contributed by atoms with van der Waals surface area (Å²) in [7, 11) is 0. The summed E-state index contributed by atoms with van der Waals surface area (Å²) in [5.41, 5.74) is 2.69. The van der Waals surface area contributed by atoms with Gasteiger partial charge >= 0.3 is 0 Å². The Morgan fingerprint density at radius 3 is 2.93 bits per heavy atom. The van der Waals surface area contributed by atoms with Gasteiger partial charge < -0.3 is 4.74 Å². The van der Waals surface area contributed by atoms with Crippen LogP contribution in [0, 0.1) is 0 Å². The van der Waals surface area contributed by atoms with Gasteiger partial charge in [0.25, 0.3) is 0 Å². The molecule has 1 aromatic carbocycles. The maximum Gasteiger partial charge on any atom is 0.122 e. The van der Waals surface area contributed by atoms with E-state index in [0.29, 0.717) is 11.2 Å². The molecule has 0 spiro atoms. The Hall–Kier alpha value is -0.630. The first-order valence-corrected chi connectivity index (χ1v) is 5.62. The number of fused-ring (bicyclic) bond motifs is 1. The molecule has 0 bridgehead atoms. The average molecular weight is 208 g/mol. The van der Waals surface area contributed by atoms with E-state index in [0.717, 1.165) is 18.8 Å². The quantitative estimate of drug-likeness (QED) is 0.698. The second-order valence-corrected chi connectivity index (χ2v) is 4.92. The first-order chi connectivity index (χ1) is 6.66. The Morgan fingerprint density at radius 1 is 1.43 bits per heavy atom. The van der Waals surface area contributed by atoms with Gasteiger partial charge in [-0.05, 0) is 29.5 Å². The Morgan fingerprint density at radius 2 is 2.21 bits per heavy atom. The number of hydrogen-bond acceptors (Lipinski definition) is 2. The van der Waals surface area contributed by atoms with Crippen LogP contribution in [0.25, 0.3) is 0 Å². The molecule has 2 rings (SSSR count). The Kier molecular flexibility index (Phi) is 2.73. The minimum Gasteiger partial charge on any atom is -0.492 e. The van der Waals surface area contributed by atoms with Crippen molar-refractivity contribution in [1.29, 1.82) is 0 Å². The predicted molar refractivity (Wildman–Crippen MR) is 62.5 cm³/mol. The highest BCUT2D eigenvalue weighted by Gasteiger charge is 2.17. The number of hydrogen-bond donors (Lipinski definition) is 1. The molecule has 1 nitrogen and oxygen atoms in total. The van der Waals surface area contributed by atoms with Crippen molar-refractivity contribution in [2.75, 3.05) is 6.61 Å². The smallest absolute Gasteiger partial charge is 0.122 e. The van der Waals surface area contributed by atoms with Crippen LogP contribution in [0.4, 0.5) is 0 Å². The van der Waals surface area contributed by atoms with Crippen molar-refractivity contribution in [3.63, 3.8) is 0 Å². The minimum absolute atomic E-state index is 0.352. The van der Waals surface area contributed by atoms with E-state index in [4.69, 9.17) is 4.74 Å². The third kappa shape index (κ3) is 1.90. The molecule has 0 saturated heterocycles. The van der Waals surface area contributed by atoms with Crippen LogP contribution < -0.4 is 4.74 Å². The number of thiol groups is 1. The lowest BCUT2D eigenvalue weighted by atomic mass is 9.97. The van der Waals surface area contributed by atoms with Gasteiger partial charge in [0.15, 0.2) is 0 Å². The maximum atomic E-state index is 5.59. The van der Waals surface area contributed by atoms with Crippen LogP contribution in [-0.2, 0) is 6.42 Å². The monoisotopic (exact) mass is 208 g/mol. The molecule has 1 aliphatic heterocycles. The van der Waals surface area contributed by atoms with E-state index in [1.54, 1.807) is 0 Å². The summed E-state index contributed by atoms with van der Waals surface area (Å²) in [6.07, 6.45) is 1.03. The van der Waals surface area contributed by atoms with Crippen LogP contribution in [0.5, 0.6) is 5.75 Å². The van der Waals surface area contributed by atoms with Gasteiger partial charge in [0.05, 0.1) is 0 Å². The molecular formula is C12H16OS. The zero-order valence-electron chi connectivity index (χ0n) is 8.66. The second kappa shape index (κ2) is 3.85. The molecule has 0 fully saturated rings. The highest BCUT2D eigenvalue weighted by molar-refractivity contribution is 7.81. The topological polar surface area (TPSA) is 9.23 Å². The Labute approximate surface area is 90.9 Å². The average Bonchev–Trinajstić information content (AvgIpc) is 2.16. The lowest BCUT2D eigenvalue weighted by Crippen LogP contribution is -2.21. The van der Waals surface area contributed by atoms with Gasteiger partial charge in [-0.25, -0.2) is 0 Å². The van der Waals surface area contributed by atoms with Crippen LogP contribution in [0.15, 0.2) is 18.2 Å². The van der Waals surface area contributed by atoms with Crippen molar-refractivity contribution < 1.29 is 4.74 Å². The molecule has 0 N–H and O–H groups in total. The van der Waals surface area contributed by atoms with Gasteiger partial charge in [-0.3, -0.25) is 0 Å². The third-order valence-corrected chi connectivity index (χ3v) is 2.97. The molecule has 0 aliphatic carbocycles. The molecule has 0 amide bonds. The van der Waals surface area contributed by atoms with Gasteiger partial charge in [0, 0.05) is 5.25 Å². The van der Waals surface area contributed by atoms with E-state index in [-0.39, 0.29) is 0 Å². The molecule has 1 aliphatic rings. The second-order valence-electron chi connectivity index (χ2n) is 4.19. The molecule has 14 heavy (non-hydrogen) atoms. The lowest BCUT2D eigenvalue weighted by molar-refractivity contribution is 0.295. The summed E-state index contributed by atoms with van der Waals surface area (Å²) in [5, 5.41) is 0.352. The van der Waals surface area contributed by atoms with Crippen molar-refractivity contribution in [3.8, 4) is 5.75 Å². The summed E-state index contributed by atoms with van der Waals surface area (Å²) in [4.78, 5) is 0. The highest BCUT2D eigenvalue weighted by atomic mass is 32.1. The van der Waals surface area contributed by atoms with Crippen molar-refractivity contribution in [2.24, 2.45) is 0 Å². The van der Waals surface area contributed by atoms with Crippen molar-refractivity contribution >= 4 is 12.6 Å². The summed E-state index contributed by atoms with van der Waals surface area (Å²) >= 11 is 4.45. The molecule has 76 valence electrons. The molecule has 1 heterocycles. The van der Waals surface area contributed by atoms with Gasteiger partial charge in [-0.15, -0.1) is 0 Å². The summed E-state index contributed by atoms with van der Waals surface area (Å²) in [6, 6.07) is 6.50. The van der Waals surface area contributed by atoms with Crippen molar-refractivity contribution in [2.45, 2.75) is 31.4 Å². The standard InChI is InChI=1S/C12H16OS/c1-8(2)9-3-4-12-10(5-9)6-11(14)7-13-12/h3-5,8,11,14H,6-7H2,1-2H3. The van der Waals surface area contributed by atoms with Crippen molar-refractivity contribution in [1.82, 2.24) is 0 Å². The largest absolute Gasteiger partial charge is 0.492 e. The van der Waals surface area contributed by atoms with Crippen LogP contribution in [0.1, 0.15) is 30.9 Å². The zero-order chi connectivity index (χ0) is 10.1. The van der Waals surface area contributed by atoms with E-state index >= 15 is 0 Å². The number of rotatable bonds is 1. The maximum absolute atomic E-state index is 5.59. The molecule has 1 atom stereocenters. The van der Waals surface area contributed by atoms with Crippen LogP contribution >= 0.6 is 12.6 Å². The van der Waals surface area contributed by atoms with Crippen LogP contribution in [0.2, 0.25) is 0 Å². The molecule has 2 heteroatoms. The summed E-state index contributed by atoms with van der Waals surface area (Å²) < 4.78 is 5.59. The summed E-state index contributed by atoms with van der Waals surface area (Å²) in [6.45, 7) is 5.16. The van der Waals surface area contributed by atoms with Crippen molar-refractivity contribution in [3.05, 3.63) is 29.3 Å². The van der Waals surface area contributed by atoms with Gasteiger partial charge in [0.2, 0.25) is 0 Å². The molecule has 0 radical (unpaired) electrons. The molecule has 1 unspecified atom stereocenters. The fourth-order valence-electron chi connectivity index (χ4n) is 1.76. The summed E-state index contributed by atoms with van der Waals surface area (Å²) in [5.74, 6) is 1.63. The lowest BCUT2D eigenvalue weighted by Gasteiger charge is -2.23.